The molecule has 0 radical (unpaired) electrons. The predicted octanol–water partition coefficient (Wildman–Crippen LogP) is 9.72. The second-order valence-electron chi connectivity index (χ2n) is 8.83. The van der Waals surface area contributed by atoms with E-state index in [9.17, 15) is 0 Å². The molecule has 0 heterocycles. The highest BCUT2D eigenvalue weighted by Crippen LogP contribution is 2.81. The van der Waals surface area contributed by atoms with E-state index in [2.05, 4.69) is 0 Å². The minimum absolute atomic E-state index is 0.191. The Morgan fingerprint density at radius 1 is 0.400 bits per heavy atom. The van der Waals surface area contributed by atoms with Crippen molar-refractivity contribution in [3.63, 3.8) is 0 Å². The van der Waals surface area contributed by atoms with E-state index in [4.69, 9.17) is 139 Å². The van der Waals surface area contributed by atoms with Crippen LogP contribution in [0.4, 0.5) is 0 Å². The lowest BCUT2D eigenvalue weighted by Gasteiger charge is -2.44. The molecule has 0 unspecified atom stereocenters. The zero-order valence-electron chi connectivity index (χ0n) is 14.7. The summed E-state index contributed by atoms with van der Waals surface area (Å²) in [6.45, 7) is 0. The van der Waals surface area contributed by atoms with Gasteiger partial charge in [0.1, 0.15) is 19.5 Å². The summed E-state index contributed by atoms with van der Waals surface area (Å²) in [4.78, 5) is -5.28. The molecule has 0 N–H and O–H groups in total. The molecule has 0 nitrogen and oxygen atoms in total. The van der Waals surface area contributed by atoms with Crippen LogP contribution in [0.5, 0.6) is 0 Å². The molecule has 3 fully saturated rings. The Labute approximate surface area is 234 Å². The molecule has 8 atom stereocenters. The van der Waals surface area contributed by atoms with Crippen LogP contribution >= 0.6 is 139 Å². The van der Waals surface area contributed by atoms with Crippen molar-refractivity contribution in [2.75, 3.05) is 0 Å². The first kappa shape index (κ1) is 24.6. The highest BCUT2D eigenvalue weighted by atomic mass is 35.5. The van der Waals surface area contributed by atoms with E-state index in [1.807, 2.05) is 0 Å². The van der Waals surface area contributed by atoms with Gasteiger partial charge in [-0.15, -0.1) is 46.4 Å². The van der Waals surface area contributed by atoms with Gasteiger partial charge in [0, 0.05) is 0 Å². The van der Waals surface area contributed by atoms with E-state index < -0.39 is 28.2 Å². The first-order valence-corrected chi connectivity index (χ1v) is 13.8. The molecular weight excluding hydrogens is 652 g/mol. The number of halogens is 12. The summed E-state index contributed by atoms with van der Waals surface area (Å²) >= 11 is 81.3. The summed E-state index contributed by atoms with van der Waals surface area (Å²) in [5, 5.41) is 0.765. The van der Waals surface area contributed by atoms with Gasteiger partial charge in [0.05, 0.1) is 20.1 Å². The van der Waals surface area contributed by atoms with E-state index in [1.165, 1.54) is 0 Å². The number of hydrogen-bond donors (Lipinski definition) is 0. The fraction of sp³-hybridized carbons (Fsp3) is 0.778. The van der Waals surface area contributed by atoms with Crippen molar-refractivity contribution in [2.24, 2.45) is 23.7 Å². The molecule has 5 aliphatic carbocycles. The molecule has 4 bridgehead atoms. The van der Waals surface area contributed by atoms with Crippen LogP contribution in [0.2, 0.25) is 0 Å². The summed E-state index contributed by atoms with van der Waals surface area (Å²) in [7, 11) is 0. The number of fused-ring (bicyclic) bond motifs is 10. The zero-order valence-corrected chi connectivity index (χ0v) is 23.7. The molecule has 168 valence electrons. The Morgan fingerprint density at radius 3 is 0.733 bits per heavy atom. The van der Waals surface area contributed by atoms with Crippen LogP contribution in [-0.2, 0) is 0 Å². The summed E-state index contributed by atoms with van der Waals surface area (Å²) in [5.74, 6) is -0.976. The maximum Gasteiger partial charge on any atom is 0.166 e. The smallest absolute Gasteiger partial charge is 0.109 e. The second-order valence-corrected chi connectivity index (χ2v) is 15.4. The van der Waals surface area contributed by atoms with Gasteiger partial charge in [-0.25, -0.2) is 0 Å². The maximum absolute atomic E-state index is 7.02. The second kappa shape index (κ2) is 6.83. The van der Waals surface area contributed by atoms with Gasteiger partial charge in [0.15, 0.2) is 8.67 Å². The van der Waals surface area contributed by atoms with Crippen molar-refractivity contribution < 1.29 is 0 Å². The van der Waals surface area contributed by atoms with Crippen LogP contribution in [0.3, 0.4) is 0 Å². The summed E-state index contributed by atoms with van der Waals surface area (Å²) < 4.78 is -3.17. The monoisotopic (exact) mass is 658 g/mol. The molecule has 30 heavy (non-hydrogen) atoms. The molecule has 0 spiro atoms. The Bertz CT molecular complexity index is 782. The molecule has 0 aromatic carbocycles. The average molecular weight is 664 g/mol. The van der Waals surface area contributed by atoms with Gasteiger partial charge in [-0.05, 0) is 49.4 Å². The molecule has 5 aliphatic rings. The summed E-state index contributed by atoms with van der Waals surface area (Å²) in [5.41, 5.74) is 0. The topological polar surface area (TPSA) is 0 Å². The van der Waals surface area contributed by atoms with Crippen molar-refractivity contribution >= 4 is 139 Å². The van der Waals surface area contributed by atoms with Crippen molar-refractivity contribution in [2.45, 2.75) is 53.8 Å². The number of hydrogen-bond acceptors (Lipinski definition) is 0. The lowest BCUT2D eigenvalue weighted by molar-refractivity contribution is 0.175. The van der Waals surface area contributed by atoms with Crippen LogP contribution in [-0.4, -0.2) is 28.2 Å². The van der Waals surface area contributed by atoms with Crippen LogP contribution in [0.25, 0.3) is 0 Å². The molecule has 0 aromatic rings. The molecule has 0 saturated heterocycles. The Morgan fingerprint density at radius 2 is 0.567 bits per heavy atom. The Kier molecular flexibility index (Phi) is 5.61. The van der Waals surface area contributed by atoms with Crippen LogP contribution < -0.4 is 0 Å². The van der Waals surface area contributed by atoms with Crippen LogP contribution in [0.1, 0.15) is 25.7 Å². The SMILES string of the molecule is Cl[13C]1=[13C](Cl)[13C@@]2(Cl)[C@H]3CC[C@@H]4[C@H](CC[C@H]3[13C@]1(Cl)[13C]2(Cl)Cl)[13C@]1(Cl)[13C](Cl)=[13C](Cl)[13C@@]4(Cl)[13C]1(Cl)Cl. The largest absolute Gasteiger partial charge is 0.166 e. The van der Waals surface area contributed by atoms with Crippen molar-refractivity contribution in [1.82, 2.24) is 0 Å². The van der Waals surface area contributed by atoms with Crippen molar-refractivity contribution in [3.8, 4) is 0 Å². The highest BCUT2D eigenvalue weighted by molar-refractivity contribution is 6.66. The van der Waals surface area contributed by atoms with Gasteiger partial charge >= 0.3 is 0 Å². The van der Waals surface area contributed by atoms with Crippen LogP contribution in [0, 0.1) is 23.7 Å². The molecule has 3 saturated carbocycles. The van der Waals surface area contributed by atoms with Gasteiger partial charge < -0.3 is 0 Å². The standard InChI is InChI=1S/C18H12Cl12/c19-9-10(20)15(25)7-3-4-8-6(2-1-5(7)13(9,23)17(15,27)28)14(24)11(21)12(22)16(8,26)18(14,29)30/h5-8H,1-4H2/t5-,6+,7+,8-,13-,14+,15+,16-/i9+1,10+1,11+1,12+1,13+1,14+1,15+1,16+1,17+1,18+1. The quantitative estimate of drug-likeness (QED) is 0.179. The van der Waals surface area contributed by atoms with Gasteiger partial charge in [-0.3, -0.25) is 0 Å². The minimum Gasteiger partial charge on any atom is -0.109 e. The van der Waals surface area contributed by atoms with E-state index in [1.54, 1.807) is 0 Å². The van der Waals surface area contributed by atoms with Crippen molar-refractivity contribution in [3.05, 3.63) is 20.1 Å². The molecule has 0 aliphatic heterocycles. The fourth-order valence-corrected chi connectivity index (χ4v) is 13.0. The average Bonchev–Trinajstić information content (AvgIpc) is 2.96. The minimum atomic E-state index is -1.58. The maximum atomic E-state index is 7.02. The number of alkyl halides is 8. The Hall–Kier alpha value is 2.96. The molecular formula is C18H12Cl12. The zero-order chi connectivity index (χ0) is 22.4. The van der Waals surface area contributed by atoms with Gasteiger partial charge in [0.2, 0.25) is 0 Å². The highest BCUT2D eigenvalue weighted by Gasteiger charge is 2.85. The van der Waals surface area contributed by atoms with Crippen molar-refractivity contribution in [1.29, 1.82) is 0 Å². The molecule has 0 amide bonds. The normalized spacial score (nSPS) is 55.6. The first-order chi connectivity index (χ1) is 13.6. The van der Waals surface area contributed by atoms with E-state index in [0.717, 1.165) is 0 Å². The third-order valence-corrected chi connectivity index (χ3v) is 16.8. The molecule has 0 aromatic heterocycles. The Balaban J connectivity index is 1.62. The summed E-state index contributed by atoms with van der Waals surface area (Å²) in [6, 6.07) is 0. The molecule has 5 rings (SSSR count). The number of rotatable bonds is 0. The third kappa shape index (κ3) is 2.18. The van der Waals surface area contributed by atoms with Crippen LogP contribution in [0.15, 0.2) is 20.1 Å². The van der Waals surface area contributed by atoms with Gasteiger partial charge in [-0.2, -0.15) is 0 Å². The van der Waals surface area contributed by atoms with E-state index in [-0.39, 0.29) is 43.8 Å². The van der Waals surface area contributed by atoms with Gasteiger partial charge in [0.25, 0.3) is 0 Å². The summed E-state index contributed by atoms with van der Waals surface area (Å²) in [6.07, 6.45) is 2.22. The number of allylic oxidation sites excluding steroid dienone is 4. The van der Waals surface area contributed by atoms with Gasteiger partial charge in [-0.1, -0.05) is 92.8 Å². The first-order valence-electron chi connectivity index (χ1n) is 9.22. The fourth-order valence-electron chi connectivity index (χ4n) is 6.73. The van der Waals surface area contributed by atoms with E-state index >= 15 is 0 Å². The van der Waals surface area contributed by atoms with E-state index in [0.29, 0.717) is 25.7 Å². The third-order valence-electron chi connectivity index (χ3n) is 8.08. The predicted molar refractivity (Wildman–Crippen MR) is 133 cm³/mol. The molecule has 12 heteroatoms. The lowest BCUT2D eigenvalue weighted by atomic mass is 9.81. The lowest BCUT2D eigenvalue weighted by Crippen LogP contribution is -2.45.